The number of rotatable bonds is 9. The summed E-state index contributed by atoms with van der Waals surface area (Å²) in [5.74, 6) is 1.00. The Kier molecular flexibility index (Phi) is 6.90. The molecule has 0 bridgehead atoms. The van der Waals surface area contributed by atoms with Gasteiger partial charge >= 0.3 is 0 Å². The lowest BCUT2D eigenvalue weighted by Crippen LogP contribution is -2.35. The highest BCUT2D eigenvalue weighted by atomic mass is 16.5. The molecule has 0 aromatic heterocycles. The Balaban J connectivity index is 2.55. The maximum absolute atomic E-state index is 9.79. The van der Waals surface area contributed by atoms with Gasteiger partial charge in [-0.25, -0.2) is 0 Å². The van der Waals surface area contributed by atoms with Gasteiger partial charge in [0, 0.05) is 18.7 Å². The van der Waals surface area contributed by atoms with Crippen LogP contribution in [0.1, 0.15) is 13.8 Å². The van der Waals surface area contributed by atoms with Crippen LogP contribution in [0.4, 0.5) is 0 Å². The standard InChI is InChI=1S/C15H23NO4/c1-4-7-19-15-8-12(17)5-6-14(15)20-10-13(18)9-16-11(2)3/h4-6,8,11,13,16-18H,1,7,9-10H2,2-3H3/t13-/m1/s1. The molecule has 3 N–H and O–H groups in total. The van der Waals surface area contributed by atoms with Crippen LogP contribution in [0.5, 0.6) is 17.2 Å². The summed E-state index contributed by atoms with van der Waals surface area (Å²) in [4.78, 5) is 0. The maximum Gasteiger partial charge on any atom is 0.165 e. The van der Waals surface area contributed by atoms with Crippen LogP contribution in [0.2, 0.25) is 0 Å². The van der Waals surface area contributed by atoms with E-state index in [1.807, 2.05) is 13.8 Å². The van der Waals surface area contributed by atoms with Gasteiger partial charge in [-0.05, 0) is 12.1 Å². The van der Waals surface area contributed by atoms with Gasteiger partial charge in [0.05, 0.1) is 0 Å². The maximum atomic E-state index is 9.79. The fraction of sp³-hybridized carbons (Fsp3) is 0.467. The van der Waals surface area contributed by atoms with Crippen LogP contribution in [-0.4, -0.2) is 42.1 Å². The van der Waals surface area contributed by atoms with Crippen molar-refractivity contribution in [2.75, 3.05) is 19.8 Å². The van der Waals surface area contributed by atoms with Gasteiger partial charge in [0.15, 0.2) is 11.5 Å². The van der Waals surface area contributed by atoms with E-state index >= 15 is 0 Å². The first-order chi connectivity index (χ1) is 9.52. The van der Waals surface area contributed by atoms with Crippen molar-refractivity contribution in [2.24, 2.45) is 0 Å². The average molecular weight is 281 g/mol. The Labute approximate surface area is 119 Å². The summed E-state index contributed by atoms with van der Waals surface area (Å²) in [7, 11) is 0. The molecule has 0 saturated heterocycles. The number of ether oxygens (including phenoxy) is 2. The molecule has 1 aromatic carbocycles. The number of hydrogen-bond donors (Lipinski definition) is 3. The summed E-state index contributed by atoms with van der Waals surface area (Å²) >= 11 is 0. The first kappa shape index (κ1) is 16.3. The van der Waals surface area contributed by atoms with E-state index in [1.54, 1.807) is 12.1 Å². The second-order valence-electron chi connectivity index (χ2n) is 4.76. The predicted octanol–water partition coefficient (Wildman–Crippen LogP) is 1.69. The van der Waals surface area contributed by atoms with Crippen LogP contribution < -0.4 is 14.8 Å². The molecule has 0 aliphatic rings. The van der Waals surface area contributed by atoms with Gasteiger partial charge in [-0.2, -0.15) is 0 Å². The smallest absolute Gasteiger partial charge is 0.165 e. The number of phenols is 1. The van der Waals surface area contributed by atoms with E-state index in [0.717, 1.165) is 0 Å². The van der Waals surface area contributed by atoms with E-state index in [2.05, 4.69) is 11.9 Å². The molecular weight excluding hydrogens is 258 g/mol. The van der Waals surface area contributed by atoms with Crippen LogP contribution in [0.25, 0.3) is 0 Å². The van der Waals surface area contributed by atoms with Gasteiger partial charge in [-0.15, -0.1) is 0 Å². The minimum atomic E-state index is -0.613. The van der Waals surface area contributed by atoms with Crippen LogP contribution in [0.3, 0.4) is 0 Å². The number of hydrogen-bond acceptors (Lipinski definition) is 5. The summed E-state index contributed by atoms with van der Waals surface area (Å²) in [5.41, 5.74) is 0. The zero-order valence-electron chi connectivity index (χ0n) is 12.0. The third-order valence-electron chi connectivity index (χ3n) is 2.48. The first-order valence-electron chi connectivity index (χ1n) is 6.64. The molecule has 1 rings (SSSR count). The molecule has 112 valence electrons. The van der Waals surface area contributed by atoms with Crippen molar-refractivity contribution >= 4 is 0 Å². The normalized spacial score (nSPS) is 12.2. The highest BCUT2D eigenvalue weighted by Crippen LogP contribution is 2.31. The average Bonchev–Trinajstić information content (AvgIpc) is 2.41. The van der Waals surface area contributed by atoms with Crippen molar-refractivity contribution in [3.8, 4) is 17.2 Å². The van der Waals surface area contributed by atoms with Crippen molar-refractivity contribution in [3.63, 3.8) is 0 Å². The number of aromatic hydroxyl groups is 1. The fourth-order valence-corrected chi connectivity index (χ4v) is 1.49. The lowest BCUT2D eigenvalue weighted by molar-refractivity contribution is 0.102. The van der Waals surface area contributed by atoms with Crippen LogP contribution >= 0.6 is 0 Å². The van der Waals surface area contributed by atoms with Gasteiger partial charge < -0.3 is 25.0 Å². The van der Waals surface area contributed by atoms with Gasteiger partial charge in [0.1, 0.15) is 25.1 Å². The first-order valence-corrected chi connectivity index (χ1v) is 6.64. The molecule has 1 atom stereocenters. The minimum Gasteiger partial charge on any atom is -0.508 e. The number of benzene rings is 1. The van der Waals surface area contributed by atoms with E-state index in [9.17, 15) is 10.2 Å². The molecule has 0 aliphatic heterocycles. The summed E-state index contributed by atoms with van der Waals surface area (Å²) in [6.45, 7) is 8.51. The molecule has 0 saturated carbocycles. The minimum absolute atomic E-state index is 0.0958. The molecule has 5 nitrogen and oxygen atoms in total. The summed E-state index contributed by atoms with van der Waals surface area (Å²) in [5, 5.41) is 22.4. The summed E-state index contributed by atoms with van der Waals surface area (Å²) < 4.78 is 10.9. The molecule has 0 unspecified atom stereocenters. The lowest BCUT2D eigenvalue weighted by atomic mass is 10.3. The van der Waals surface area contributed by atoms with E-state index < -0.39 is 6.10 Å². The lowest BCUT2D eigenvalue weighted by Gasteiger charge is -2.16. The topological polar surface area (TPSA) is 71.0 Å². The van der Waals surface area contributed by atoms with Crippen LogP contribution in [-0.2, 0) is 0 Å². The van der Waals surface area contributed by atoms with Gasteiger partial charge in [0.2, 0.25) is 0 Å². The third kappa shape index (κ3) is 5.95. The quantitative estimate of drug-likeness (QED) is 0.601. The third-order valence-corrected chi connectivity index (χ3v) is 2.48. The zero-order chi connectivity index (χ0) is 15.0. The van der Waals surface area contributed by atoms with Crippen LogP contribution in [0, 0.1) is 0 Å². The molecule has 0 fully saturated rings. The Hall–Kier alpha value is -1.72. The second-order valence-corrected chi connectivity index (χ2v) is 4.76. The molecule has 0 spiro atoms. The van der Waals surface area contributed by atoms with Gasteiger partial charge in [-0.1, -0.05) is 26.5 Å². The van der Waals surface area contributed by atoms with Crippen molar-refractivity contribution < 1.29 is 19.7 Å². The molecular formula is C15H23NO4. The number of aliphatic hydroxyl groups is 1. The summed E-state index contributed by atoms with van der Waals surface area (Å²) in [6, 6.07) is 4.90. The molecule has 5 heteroatoms. The fourth-order valence-electron chi connectivity index (χ4n) is 1.49. The number of nitrogens with one attached hydrogen (secondary N) is 1. The van der Waals surface area contributed by atoms with Crippen LogP contribution in [0.15, 0.2) is 30.9 Å². The molecule has 1 aromatic rings. The van der Waals surface area contributed by atoms with Gasteiger partial charge in [-0.3, -0.25) is 0 Å². The molecule has 0 heterocycles. The molecule has 0 aliphatic carbocycles. The van der Waals surface area contributed by atoms with Crippen molar-refractivity contribution in [1.82, 2.24) is 5.32 Å². The molecule has 0 amide bonds. The Bertz CT molecular complexity index is 420. The highest BCUT2D eigenvalue weighted by molar-refractivity contribution is 5.45. The Morgan fingerprint density at radius 3 is 2.70 bits per heavy atom. The number of aliphatic hydroxyl groups excluding tert-OH is 1. The monoisotopic (exact) mass is 281 g/mol. The SMILES string of the molecule is C=CCOc1cc(O)ccc1OC[C@H](O)CNC(C)C. The van der Waals surface area contributed by atoms with E-state index in [0.29, 0.717) is 30.7 Å². The predicted molar refractivity (Wildman–Crippen MR) is 78.4 cm³/mol. The van der Waals surface area contributed by atoms with E-state index in [4.69, 9.17) is 9.47 Å². The van der Waals surface area contributed by atoms with Gasteiger partial charge in [0.25, 0.3) is 0 Å². The molecule has 20 heavy (non-hydrogen) atoms. The zero-order valence-corrected chi connectivity index (χ0v) is 12.0. The summed E-state index contributed by atoms with van der Waals surface area (Å²) in [6.07, 6.45) is 0.994. The second kappa shape index (κ2) is 8.45. The van der Waals surface area contributed by atoms with Crippen molar-refractivity contribution in [2.45, 2.75) is 26.0 Å². The molecule has 0 radical (unpaired) electrons. The van der Waals surface area contributed by atoms with Crippen molar-refractivity contribution in [3.05, 3.63) is 30.9 Å². The number of phenolic OH excluding ortho intramolecular Hbond substituents is 1. The largest absolute Gasteiger partial charge is 0.508 e. The highest BCUT2D eigenvalue weighted by Gasteiger charge is 2.10. The van der Waals surface area contributed by atoms with E-state index in [-0.39, 0.29) is 12.4 Å². The van der Waals surface area contributed by atoms with E-state index in [1.165, 1.54) is 12.1 Å². The Morgan fingerprint density at radius 2 is 2.05 bits per heavy atom. The Morgan fingerprint density at radius 1 is 1.30 bits per heavy atom. The van der Waals surface area contributed by atoms with Crippen molar-refractivity contribution in [1.29, 1.82) is 0 Å².